The molecule has 0 spiro atoms. The van der Waals surface area contributed by atoms with Crippen LogP contribution < -0.4 is 4.43 Å². The highest BCUT2D eigenvalue weighted by Crippen LogP contribution is 2.24. The quantitative estimate of drug-likeness (QED) is 0.786. The molecule has 0 saturated heterocycles. The number of nitrogens with zero attached hydrogens (tertiary/aromatic N) is 3. The highest BCUT2D eigenvalue weighted by atomic mass is 16.5. The predicted molar refractivity (Wildman–Crippen MR) is 75.3 cm³/mol. The van der Waals surface area contributed by atoms with Gasteiger partial charge in [-0.1, -0.05) is 12.1 Å². The topological polar surface area (TPSA) is 80.5 Å². The van der Waals surface area contributed by atoms with Crippen LogP contribution in [0.15, 0.2) is 24.3 Å². The third-order valence-corrected chi connectivity index (χ3v) is 3.76. The molecule has 7 heteroatoms. The molecule has 1 unspecified atom stereocenters. The number of aromatic nitrogens is 2. The number of benzene rings is 1. The Morgan fingerprint density at radius 1 is 1.43 bits per heavy atom. The standard InChI is InChI=1S/C14H15N3O4/c1-9(8-21-2)15-7-12-13(14(15)18)17(20)11-6-4-3-5-10(11)16(12)19/h3-6,9H,7-8H2,1-2H3. The molecule has 0 N–H and O–H groups in total. The van der Waals surface area contributed by atoms with E-state index in [0.29, 0.717) is 15.8 Å². The van der Waals surface area contributed by atoms with Crippen molar-refractivity contribution in [1.82, 2.24) is 9.63 Å². The smallest absolute Gasteiger partial charge is 0.348 e. The largest absolute Gasteiger partial charge is 0.805 e. The number of methoxy groups -OCH3 is 1. The molecule has 1 amide bonds. The van der Waals surface area contributed by atoms with Gasteiger partial charge in [0.1, 0.15) is 11.2 Å². The highest BCUT2D eigenvalue weighted by molar-refractivity contribution is 5.96. The van der Waals surface area contributed by atoms with Crippen molar-refractivity contribution in [2.45, 2.75) is 19.5 Å². The second-order valence-corrected chi connectivity index (χ2v) is 5.11. The Morgan fingerprint density at radius 3 is 2.86 bits per heavy atom. The summed E-state index contributed by atoms with van der Waals surface area (Å²) in [4.78, 5) is 26.3. The Labute approximate surface area is 120 Å². The molecule has 110 valence electrons. The Balaban J connectivity index is 2.19. The lowest BCUT2D eigenvalue weighted by Gasteiger charge is -2.23. The normalized spacial score (nSPS) is 15.5. The molecule has 2 aromatic rings. The lowest BCUT2D eigenvalue weighted by atomic mass is 10.2. The third-order valence-electron chi connectivity index (χ3n) is 3.76. The van der Waals surface area contributed by atoms with Crippen molar-refractivity contribution in [2.75, 3.05) is 13.7 Å². The summed E-state index contributed by atoms with van der Waals surface area (Å²) in [5.41, 5.74) is 0.560. The van der Waals surface area contributed by atoms with Gasteiger partial charge in [-0.05, 0) is 13.0 Å². The van der Waals surface area contributed by atoms with E-state index in [9.17, 15) is 14.9 Å². The number of carbonyl (C=O) groups excluding carboxylic acids is 1. The van der Waals surface area contributed by atoms with Gasteiger partial charge in [0, 0.05) is 18.1 Å². The maximum absolute atomic E-state index is 12.4. The SMILES string of the molecule is COCC(C)N1Cc2c([n+](=O)c3ccccc3n2[O-])C1=O. The van der Waals surface area contributed by atoms with E-state index in [1.807, 2.05) is 6.92 Å². The molecule has 21 heavy (non-hydrogen) atoms. The summed E-state index contributed by atoms with van der Waals surface area (Å²) < 4.78 is 6.27. The minimum absolute atomic E-state index is 0.0911. The summed E-state index contributed by atoms with van der Waals surface area (Å²) in [5.74, 6) is -0.431. The molecule has 0 aliphatic carbocycles. The van der Waals surface area contributed by atoms with E-state index in [1.54, 1.807) is 25.3 Å². The van der Waals surface area contributed by atoms with Gasteiger partial charge in [0.25, 0.3) is 5.52 Å². The van der Waals surface area contributed by atoms with Crippen molar-refractivity contribution < 1.29 is 14.0 Å². The van der Waals surface area contributed by atoms with Crippen LogP contribution in [0.3, 0.4) is 0 Å². The first-order valence-electron chi connectivity index (χ1n) is 6.63. The summed E-state index contributed by atoms with van der Waals surface area (Å²) >= 11 is 0. The lowest BCUT2D eigenvalue weighted by molar-refractivity contribution is -0.468. The number of para-hydroxylation sites is 2. The Kier molecular flexibility index (Phi) is 3.13. The Morgan fingerprint density at radius 2 is 2.14 bits per heavy atom. The average Bonchev–Trinajstić information content (AvgIpc) is 2.83. The van der Waals surface area contributed by atoms with Crippen molar-refractivity contribution in [3.8, 4) is 0 Å². The monoisotopic (exact) mass is 289 g/mol. The van der Waals surface area contributed by atoms with Crippen LogP contribution in [0.25, 0.3) is 11.0 Å². The molecule has 1 aromatic carbocycles. The van der Waals surface area contributed by atoms with Gasteiger partial charge >= 0.3 is 11.6 Å². The summed E-state index contributed by atoms with van der Waals surface area (Å²) in [7, 11) is 1.54. The molecule has 0 bridgehead atoms. The van der Waals surface area contributed by atoms with E-state index in [1.165, 1.54) is 11.0 Å². The number of fused-ring (bicyclic) bond motifs is 2. The van der Waals surface area contributed by atoms with Crippen molar-refractivity contribution in [3.05, 3.63) is 45.8 Å². The van der Waals surface area contributed by atoms with Gasteiger partial charge in [0.2, 0.25) is 0 Å². The van der Waals surface area contributed by atoms with Crippen LogP contribution in [-0.2, 0) is 11.3 Å². The average molecular weight is 289 g/mol. The minimum atomic E-state index is -0.431. The molecule has 1 atom stereocenters. The van der Waals surface area contributed by atoms with Gasteiger partial charge in [0.15, 0.2) is 0 Å². The van der Waals surface area contributed by atoms with Crippen molar-refractivity contribution in [3.63, 3.8) is 0 Å². The fraction of sp³-hybridized carbons (Fsp3) is 0.357. The van der Waals surface area contributed by atoms with Gasteiger partial charge in [-0.2, -0.15) is 0 Å². The van der Waals surface area contributed by atoms with Crippen molar-refractivity contribution >= 4 is 16.9 Å². The zero-order chi connectivity index (χ0) is 15.1. The Bertz CT molecular complexity index is 784. The van der Waals surface area contributed by atoms with Crippen LogP contribution in [0, 0.1) is 10.1 Å². The molecule has 1 aliphatic rings. The number of ether oxygens (including phenoxy) is 1. The summed E-state index contributed by atoms with van der Waals surface area (Å²) in [5, 5.41) is 12.4. The highest BCUT2D eigenvalue weighted by Gasteiger charge is 2.41. The maximum atomic E-state index is 12.4. The molecule has 3 rings (SSSR count). The summed E-state index contributed by atoms with van der Waals surface area (Å²) in [6, 6.07) is 6.24. The van der Waals surface area contributed by atoms with E-state index in [-0.39, 0.29) is 35.0 Å². The third kappa shape index (κ3) is 1.89. The number of rotatable bonds is 3. The van der Waals surface area contributed by atoms with Gasteiger partial charge in [-0.3, -0.25) is 4.79 Å². The van der Waals surface area contributed by atoms with Crippen molar-refractivity contribution in [2.24, 2.45) is 0 Å². The molecule has 0 fully saturated rings. The van der Waals surface area contributed by atoms with Crippen LogP contribution in [0.4, 0.5) is 0 Å². The van der Waals surface area contributed by atoms with Crippen LogP contribution >= 0.6 is 0 Å². The number of hydrogen-bond acceptors (Lipinski definition) is 4. The first-order valence-corrected chi connectivity index (χ1v) is 6.63. The Hall–Kier alpha value is -2.41. The maximum Gasteiger partial charge on any atom is 0.348 e. The van der Waals surface area contributed by atoms with Gasteiger partial charge in [0.05, 0.1) is 23.6 Å². The molecule has 0 saturated carbocycles. The zero-order valence-electron chi connectivity index (χ0n) is 11.8. The fourth-order valence-corrected chi connectivity index (χ4v) is 2.69. The van der Waals surface area contributed by atoms with E-state index in [0.717, 1.165) is 0 Å². The van der Waals surface area contributed by atoms with Crippen LogP contribution in [0.5, 0.6) is 0 Å². The molecule has 1 aliphatic heterocycles. The van der Waals surface area contributed by atoms with E-state index in [2.05, 4.69) is 0 Å². The van der Waals surface area contributed by atoms with Crippen LogP contribution in [0.2, 0.25) is 0 Å². The van der Waals surface area contributed by atoms with Gasteiger partial charge in [-0.15, -0.1) is 0 Å². The first kappa shape index (κ1) is 13.6. The number of carbonyl (C=O) groups is 1. The molecule has 1 aromatic heterocycles. The lowest BCUT2D eigenvalue weighted by Crippen LogP contribution is -2.38. The van der Waals surface area contributed by atoms with Crippen LogP contribution in [-0.4, -0.2) is 35.3 Å². The number of hydrogen-bond donors (Lipinski definition) is 0. The molecule has 7 nitrogen and oxygen atoms in total. The van der Waals surface area contributed by atoms with Crippen molar-refractivity contribution in [1.29, 1.82) is 0 Å². The second kappa shape index (κ2) is 4.85. The van der Waals surface area contributed by atoms with E-state index >= 15 is 0 Å². The fourth-order valence-electron chi connectivity index (χ4n) is 2.69. The summed E-state index contributed by atoms with van der Waals surface area (Å²) in [6.45, 7) is 2.28. The molecular weight excluding hydrogens is 274 g/mol. The minimum Gasteiger partial charge on any atom is -0.805 e. The van der Waals surface area contributed by atoms with Crippen LogP contribution in [0.1, 0.15) is 23.1 Å². The number of amides is 1. The zero-order valence-corrected chi connectivity index (χ0v) is 11.8. The second-order valence-electron chi connectivity index (χ2n) is 5.11. The molecule has 0 radical (unpaired) electrons. The van der Waals surface area contributed by atoms with E-state index < -0.39 is 5.91 Å². The van der Waals surface area contributed by atoms with Gasteiger partial charge in [-0.25, -0.2) is 0 Å². The first-order chi connectivity index (χ1) is 10.1. The summed E-state index contributed by atoms with van der Waals surface area (Å²) in [6.07, 6.45) is 0. The molecule has 2 heterocycles. The van der Waals surface area contributed by atoms with Gasteiger partial charge < -0.3 is 19.6 Å². The molecular formula is C14H15N3O4. The predicted octanol–water partition coefficient (Wildman–Crippen LogP) is 0.892. The van der Waals surface area contributed by atoms with E-state index in [4.69, 9.17) is 4.74 Å².